The van der Waals surface area contributed by atoms with E-state index in [0.29, 0.717) is 23.3 Å². The highest BCUT2D eigenvalue weighted by atomic mass is 16.3. The Labute approximate surface area is 144 Å². The van der Waals surface area contributed by atoms with Gasteiger partial charge in [0.1, 0.15) is 17.4 Å². The van der Waals surface area contributed by atoms with Crippen LogP contribution in [0, 0.1) is 13.8 Å². The van der Waals surface area contributed by atoms with E-state index in [9.17, 15) is 5.11 Å². The molecule has 0 bridgehead atoms. The van der Waals surface area contributed by atoms with Crippen LogP contribution in [0.1, 0.15) is 64.3 Å². The molecule has 2 N–H and O–H groups in total. The number of hydrogen-bond donors (Lipinski definition) is 2. The molecule has 24 heavy (non-hydrogen) atoms. The van der Waals surface area contributed by atoms with Crippen molar-refractivity contribution in [2.24, 2.45) is 0 Å². The number of benzene rings is 1. The Morgan fingerprint density at radius 2 is 1.21 bits per heavy atom. The molecular formula is C19H28N4O. The van der Waals surface area contributed by atoms with Gasteiger partial charge < -0.3 is 10.4 Å². The number of aromatic hydroxyl groups is 1. The Bertz CT molecular complexity index is 700. The van der Waals surface area contributed by atoms with Gasteiger partial charge in [0.2, 0.25) is 5.95 Å². The number of nitrogens with zero attached hydrogens (tertiary/aromatic N) is 3. The van der Waals surface area contributed by atoms with E-state index >= 15 is 0 Å². The van der Waals surface area contributed by atoms with E-state index < -0.39 is 0 Å². The van der Waals surface area contributed by atoms with Gasteiger partial charge in [-0.15, -0.1) is 0 Å². The molecule has 0 radical (unpaired) electrons. The van der Waals surface area contributed by atoms with Crippen LogP contribution >= 0.6 is 0 Å². The number of nitrogens with one attached hydrogen (secondary N) is 1. The minimum Gasteiger partial charge on any atom is -0.507 e. The summed E-state index contributed by atoms with van der Waals surface area (Å²) in [5.74, 6) is 2.24. The van der Waals surface area contributed by atoms with Crippen LogP contribution in [0.15, 0.2) is 12.1 Å². The number of rotatable bonds is 2. The molecule has 0 saturated heterocycles. The standard InChI is InChI=1S/C19H28N4O/c1-11-20-12(2)22-17(21-11)23-13-9-14(18(3,4)5)16(24)15(10-13)19(6,7)8/h9-10,24H,1-8H3,(H,20,21,22,23). The SMILES string of the molecule is Cc1nc(C)nc(Nc2cc(C(C)(C)C)c(O)c(C(C)(C)C)c2)n1. The molecule has 1 heterocycles. The molecule has 5 heteroatoms. The Kier molecular flexibility index (Phi) is 4.57. The Hall–Kier alpha value is -2.17. The summed E-state index contributed by atoms with van der Waals surface area (Å²) in [6.45, 7) is 16.2. The van der Waals surface area contributed by atoms with Crippen molar-refractivity contribution in [3.8, 4) is 5.75 Å². The third kappa shape index (κ3) is 4.02. The van der Waals surface area contributed by atoms with E-state index in [-0.39, 0.29) is 10.8 Å². The lowest BCUT2D eigenvalue weighted by molar-refractivity contribution is 0.423. The fourth-order valence-electron chi connectivity index (χ4n) is 2.65. The van der Waals surface area contributed by atoms with Gasteiger partial charge >= 0.3 is 0 Å². The van der Waals surface area contributed by atoms with Crippen molar-refractivity contribution < 1.29 is 5.11 Å². The highest BCUT2D eigenvalue weighted by molar-refractivity contribution is 5.62. The van der Waals surface area contributed by atoms with Crippen molar-refractivity contribution >= 4 is 11.6 Å². The molecule has 2 rings (SSSR count). The van der Waals surface area contributed by atoms with Gasteiger partial charge in [0.05, 0.1) is 0 Å². The molecule has 2 aromatic rings. The van der Waals surface area contributed by atoms with Crippen LogP contribution in [0.4, 0.5) is 11.6 Å². The molecule has 0 aliphatic carbocycles. The predicted molar refractivity (Wildman–Crippen MR) is 98.1 cm³/mol. The van der Waals surface area contributed by atoms with Crippen LogP contribution in [-0.2, 0) is 10.8 Å². The normalized spacial score (nSPS) is 12.3. The summed E-state index contributed by atoms with van der Waals surface area (Å²) >= 11 is 0. The highest BCUT2D eigenvalue weighted by Crippen LogP contribution is 2.41. The Balaban J connectivity index is 2.58. The van der Waals surface area contributed by atoms with Gasteiger partial charge in [-0.05, 0) is 36.8 Å². The first-order valence-corrected chi connectivity index (χ1v) is 8.22. The molecule has 0 unspecified atom stereocenters. The van der Waals surface area contributed by atoms with Gasteiger partial charge in [0.25, 0.3) is 0 Å². The van der Waals surface area contributed by atoms with Crippen LogP contribution in [-0.4, -0.2) is 20.1 Å². The lowest BCUT2D eigenvalue weighted by atomic mass is 9.79. The average Bonchev–Trinajstić information content (AvgIpc) is 2.36. The lowest BCUT2D eigenvalue weighted by Crippen LogP contribution is -2.18. The minimum atomic E-state index is -0.174. The van der Waals surface area contributed by atoms with Crippen LogP contribution in [0.3, 0.4) is 0 Å². The molecule has 5 nitrogen and oxygen atoms in total. The van der Waals surface area contributed by atoms with Crippen LogP contribution in [0.5, 0.6) is 5.75 Å². The summed E-state index contributed by atoms with van der Waals surface area (Å²) in [5, 5.41) is 14.0. The second-order valence-corrected chi connectivity index (χ2v) is 8.30. The van der Waals surface area contributed by atoms with Gasteiger partial charge in [-0.1, -0.05) is 41.5 Å². The van der Waals surface area contributed by atoms with Gasteiger partial charge in [-0.3, -0.25) is 0 Å². The third-order valence-electron chi connectivity index (χ3n) is 3.84. The molecule has 0 fully saturated rings. The van der Waals surface area contributed by atoms with Crippen molar-refractivity contribution in [3.63, 3.8) is 0 Å². The number of anilines is 2. The molecule has 0 aliphatic rings. The zero-order valence-corrected chi connectivity index (χ0v) is 15.9. The smallest absolute Gasteiger partial charge is 0.230 e. The highest BCUT2D eigenvalue weighted by Gasteiger charge is 2.26. The minimum absolute atomic E-state index is 0.174. The predicted octanol–water partition coefficient (Wildman–Crippen LogP) is 4.53. The molecular weight excluding hydrogens is 300 g/mol. The van der Waals surface area contributed by atoms with E-state index in [1.807, 2.05) is 26.0 Å². The van der Waals surface area contributed by atoms with Crippen molar-refractivity contribution in [2.75, 3.05) is 5.32 Å². The first-order valence-electron chi connectivity index (χ1n) is 8.22. The maximum Gasteiger partial charge on any atom is 0.230 e. The molecule has 0 saturated carbocycles. The topological polar surface area (TPSA) is 70.9 Å². The van der Waals surface area contributed by atoms with Crippen molar-refractivity contribution in [3.05, 3.63) is 34.9 Å². The summed E-state index contributed by atoms with van der Waals surface area (Å²) in [7, 11) is 0. The van der Waals surface area contributed by atoms with E-state index in [1.165, 1.54) is 0 Å². The molecule has 0 aliphatic heterocycles. The number of phenols is 1. The van der Waals surface area contributed by atoms with E-state index in [2.05, 4.69) is 61.8 Å². The molecule has 130 valence electrons. The fraction of sp³-hybridized carbons (Fsp3) is 0.526. The summed E-state index contributed by atoms with van der Waals surface area (Å²) in [6, 6.07) is 3.94. The van der Waals surface area contributed by atoms with Gasteiger partial charge in [0.15, 0.2) is 0 Å². The second kappa shape index (κ2) is 6.04. The number of aromatic nitrogens is 3. The van der Waals surface area contributed by atoms with Gasteiger partial charge in [0, 0.05) is 16.8 Å². The Morgan fingerprint density at radius 1 is 0.792 bits per heavy atom. The Morgan fingerprint density at radius 3 is 1.58 bits per heavy atom. The number of phenolic OH excluding ortho intramolecular Hbond substituents is 1. The molecule has 0 atom stereocenters. The zero-order chi connectivity index (χ0) is 18.3. The number of aryl methyl sites for hydroxylation is 2. The molecule has 1 aromatic carbocycles. The molecule has 0 spiro atoms. The van der Waals surface area contributed by atoms with Crippen molar-refractivity contribution in [1.29, 1.82) is 0 Å². The zero-order valence-electron chi connectivity index (χ0n) is 15.9. The summed E-state index contributed by atoms with van der Waals surface area (Å²) in [5.41, 5.74) is 2.33. The van der Waals surface area contributed by atoms with Crippen molar-refractivity contribution in [1.82, 2.24) is 15.0 Å². The summed E-state index contributed by atoms with van der Waals surface area (Å²) < 4.78 is 0. The average molecular weight is 328 g/mol. The van der Waals surface area contributed by atoms with E-state index in [4.69, 9.17) is 0 Å². The van der Waals surface area contributed by atoms with Crippen LogP contribution in [0.25, 0.3) is 0 Å². The van der Waals surface area contributed by atoms with Crippen molar-refractivity contribution in [2.45, 2.75) is 66.2 Å². The summed E-state index contributed by atoms with van der Waals surface area (Å²) in [6.07, 6.45) is 0. The largest absolute Gasteiger partial charge is 0.507 e. The fourth-order valence-corrected chi connectivity index (χ4v) is 2.65. The monoisotopic (exact) mass is 328 g/mol. The van der Waals surface area contributed by atoms with Crippen LogP contribution < -0.4 is 5.32 Å². The molecule has 1 aromatic heterocycles. The quantitative estimate of drug-likeness (QED) is 0.792. The maximum absolute atomic E-state index is 10.8. The van der Waals surface area contributed by atoms with Gasteiger partial charge in [-0.2, -0.15) is 9.97 Å². The summed E-state index contributed by atoms with van der Waals surface area (Å²) in [4.78, 5) is 12.9. The molecule has 0 amide bonds. The number of hydrogen-bond acceptors (Lipinski definition) is 5. The van der Waals surface area contributed by atoms with Crippen LogP contribution in [0.2, 0.25) is 0 Å². The first-order chi connectivity index (χ1) is 10.9. The third-order valence-corrected chi connectivity index (χ3v) is 3.84. The first kappa shape index (κ1) is 18.2. The second-order valence-electron chi connectivity index (χ2n) is 8.30. The lowest BCUT2D eigenvalue weighted by Gasteiger charge is -2.28. The van der Waals surface area contributed by atoms with Gasteiger partial charge in [-0.25, -0.2) is 4.98 Å². The maximum atomic E-state index is 10.8. The van der Waals surface area contributed by atoms with E-state index in [1.54, 1.807) is 0 Å². The van der Waals surface area contributed by atoms with E-state index in [0.717, 1.165) is 16.8 Å².